The van der Waals surface area contributed by atoms with Crippen molar-refractivity contribution in [1.82, 2.24) is 0 Å². The molecule has 0 spiro atoms. The summed E-state index contributed by atoms with van der Waals surface area (Å²) in [6.45, 7) is 0. The molecule has 0 saturated carbocycles. The maximum atomic E-state index is 8.06. The van der Waals surface area contributed by atoms with Crippen LogP contribution in [0.5, 0.6) is 0 Å². The Hall–Kier alpha value is 2.44. The Morgan fingerprint density at radius 2 is 1.40 bits per heavy atom. The van der Waals surface area contributed by atoms with Gasteiger partial charge in [0.25, 0.3) is 0 Å². The first-order valence-electron chi connectivity index (χ1n) is 0.154. The average molecular weight is 219 g/mol. The Kier molecular flexibility index (Phi) is 167. The van der Waals surface area contributed by atoms with Crippen molar-refractivity contribution in [3.05, 3.63) is 0 Å². The van der Waals surface area contributed by atoms with Crippen molar-refractivity contribution in [3.8, 4) is 0 Å². The molecule has 0 rings (SSSR count). The van der Waals surface area contributed by atoms with Gasteiger partial charge in [0.05, 0.1) is 0 Å². The van der Waals surface area contributed by atoms with Crippen LogP contribution >= 0.6 is 0 Å². The van der Waals surface area contributed by atoms with Crippen molar-refractivity contribution in [1.29, 1.82) is 0 Å². The summed E-state index contributed by atoms with van der Waals surface area (Å²) in [5.74, 6) is 0. The van der Waals surface area contributed by atoms with E-state index in [1.54, 1.807) is 15.9 Å². The fourth-order valence-corrected chi connectivity index (χ4v) is 0. The SMILES string of the molecule is [H-].[Na+].[Ni].[O]=[Mn].[Zn]. The van der Waals surface area contributed by atoms with E-state index in [9.17, 15) is 0 Å². The predicted octanol–water partition coefficient (Wildman–Crippen LogP) is -3.01. The van der Waals surface area contributed by atoms with E-state index < -0.39 is 0 Å². The zero-order valence-corrected chi connectivity index (χ0v) is 9.94. The maximum Gasteiger partial charge on any atom is 0 e. The van der Waals surface area contributed by atoms with E-state index in [1.807, 2.05) is 0 Å². The molecule has 0 fully saturated rings. The second kappa shape index (κ2) is 32.0. The zero-order chi connectivity index (χ0) is 2.00. The smallest absolute Gasteiger partial charge is 0 e. The first-order chi connectivity index (χ1) is 1.00. The maximum absolute atomic E-state index is 8.06. The molecule has 0 saturated heterocycles. The third kappa shape index (κ3) is 21.3. The average Bonchev–Trinajstić information content (AvgIpc) is 1.00. The van der Waals surface area contributed by atoms with Gasteiger partial charge in [0.1, 0.15) is 0 Å². The third-order valence-corrected chi connectivity index (χ3v) is 0. The van der Waals surface area contributed by atoms with Gasteiger partial charge >= 0.3 is 49.3 Å². The van der Waals surface area contributed by atoms with E-state index in [0.717, 1.165) is 0 Å². The van der Waals surface area contributed by atoms with E-state index >= 15 is 0 Å². The van der Waals surface area contributed by atoms with Gasteiger partial charge in [0, 0.05) is 36.0 Å². The molecular formula is HMnNaNiOZn. The molecule has 0 bridgehead atoms. The monoisotopic (exact) mass is 217 g/mol. The summed E-state index contributed by atoms with van der Waals surface area (Å²) in [5, 5.41) is 0. The van der Waals surface area contributed by atoms with E-state index in [0.29, 0.717) is 0 Å². The molecule has 27 valence electrons. The van der Waals surface area contributed by atoms with Crippen LogP contribution in [-0.4, -0.2) is 0 Å². The molecule has 0 unspecified atom stereocenters. The van der Waals surface area contributed by atoms with Gasteiger partial charge in [0.15, 0.2) is 0 Å². The minimum atomic E-state index is 0. The molecule has 0 amide bonds. The van der Waals surface area contributed by atoms with Crippen LogP contribution in [0.15, 0.2) is 0 Å². The topological polar surface area (TPSA) is 17.1 Å². The third-order valence-electron chi connectivity index (χ3n) is 0. The van der Waals surface area contributed by atoms with Crippen LogP contribution in [-0.2, 0) is 55.7 Å². The molecule has 0 heterocycles. The summed E-state index contributed by atoms with van der Waals surface area (Å²) in [5.41, 5.74) is 0. The van der Waals surface area contributed by atoms with Gasteiger partial charge in [-0.2, -0.15) is 0 Å². The van der Waals surface area contributed by atoms with Crippen molar-refractivity contribution in [2.75, 3.05) is 0 Å². The summed E-state index contributed by atoms with van der Waals surface area (Å²) >= 11 is 1.69. The van der Waals surface area contributed by atoms with Crippen LogP contribution in [0.3, 0.4) is 0 Å². The molecule has 0 aromatic heterocycles. The first-order valence-corrected chi connectivity index (χ1v) is 0.636. The van der Waals surface area contributed by atoms with Crippen LogP contribution in [0.2, 0.25) is 0 Å². The van der Waals surface area contributed by atoms with Crippen LogP contribution in [0.1, 0.15) is 1.43 Å². The molecule has 0 radical (unpaired) electrons. The van der Waals surface area contributed by atoms with E-state index in [1.165, 1.54) is 0 Å². The van der Waals surface area contributed by atoms with Gasteiger partial charge in [-0.15, -0.1) is 0 Å². The molecule has 0 aliphatic heterocycles. The summed E-state index contributed by atoms with van der Waals surface area (Å²) in [6, 6.07) is 0. The fourth-order valence-electron chi connectivity index (χ4n) is 0. The predicted molar refractivity (Wildman–Crippen MR) is 1.80 cm³/mol. The van der Waals surface area contributed by atoms with E-state index in [2.05, 4.69) is 0 Å². The summed E-state index contributed by atoms with van der Waals surface area (Å²) in [6.07, 6.45) is 0. The number of rotatable bonds is 0. The molecule has 0 atom stereocenters. The Bertz CT molecular complexity index is 15.5. The van der Waals surface area contributed by atoms with Crippen LogP contribution in [0.4, 0.5) is 0 Å². The number of hydrogen-bond donors (Lipinski definition) is 0. The summed E-state index contributed by atoms with van der Waals surface area (Å²) in [7, 11) is 0. The van der Waals surface area contributed by atoms with Crippen LogP contribution < -0.4 is 29.6 Å². The molecule has 1 nitrogen and oxygen atoms in total. The van der Waals surface area contributed by atoms with E-state index in [-0.39, 0.29) is 67.0 Å². The number of hydrogen-bond acceptors (Lipinski definition) is 1. The minimum Gasteiger partial charge on any atom is 0 e. The normalized spacial score (nSPS) is 0.800. The molecular weight excluding hydrogens is 218 g/mol. The second-order valence-electron chi connectivity index (χ2n) is 0. The van der Waals surface area contributed by atoms with Crippen molar-refractivity contribution in [2.45, 2.75) is 0 Å². The Morgan fingerprint density at radius 3 is 1.40 bits per heavy atom. The molecule has 0 aliphatic rings. The Morgan fingerprint density at radius 1 is 1.40 bits per heavy atom. The first kappa shape index (κ1) is 26.1. The molecule has 0 N–H and O–H groups in total. The minimum absolute atomic E-state index is 0. The Labute approximate surface area is 85.5 Å². The van der Waals surface area contributed by atoms with Crippen LogP contribution in [0, 0.1) is 0 Å². The van der Waals surface area contributed by atoms with Crippen LogP contribution in [0.25, 0.3) is 0 Å². The zero-order valence-electron chi connectivity index (χ0n) is 3.81. The summed E-state index contributed by atoms with van der Waals surface area (Å²) in [4.78, 5) is 0. The van der Waals surface area contributed by atoms with Gasteiger partial charge in [-0.1, -0.05) is 0 Å². The molecule has 0 aliphatic carbocycles. The van der Waals surface area contributed by atoms with Crippen molar-refractivity contribution < 1.29 is 86.7 Å². The van der Waals surface area contributed by atoms with Gasteiger partial charge in [0.2, 0.25) is 0 Å². The van der Waals surface area contributed by atoms with Crippen molar-refractivity contribution >= 4 is 0 Å². The fraction of sp³-hybridized carbons (Fsp3) is 0. The van der Waals surface area contributed by atoms with E-state index in [4.69, 9.17) is 3.83 Å². The molecule has 5 heavy (non-hydrogen) atoms. The summed E-state index contributed by atoms with van der Waals surface area (Å²) < 4.78 is 8.06. The van der Waals surface area contributed by atoms with Crippen molar-refractivity contribution in [3.63, 3.8) is 0 Å². The van der Waals surface area contributed by atoms with Gasteiger partial charge in [-0.05, 0) is 0 Å². The van der Waals surface area contributed by atoms with Gasteiger partial charge in [-0.25, -0.2) is 0 Å². The largest absolute Gasteiger partial charge is 0 e. The van der Waals surface area contributed by atoms with Gasteiger partial charge < -0.3 is 1.43 Å². The molecule has 0 aromatic rings. The Balaban J connectivity index is -0.000000000833. The second-order valence-corrected chi connectivity index (χ2v) is 0. The molecule has 5 heteroatoms. The standard InChI is InChI=1S/Mn.Na.Ni.O.Zn.H/q;+1;;;;-1. The van der Waals surface area contributed by atoms with Gasteiger partial charge in [-0.3, -0.25) is 0 Å². The molecule has 0 aromatic carbocycles. The van der Waals surface area contributed by atoms with Crippen molar-refractivity contribution in [2.24, 2.45) is 0 Å². The quantitative estimate of drug-likeness (QED) is 0.396.